The second kappa shape index (κ2) is 16.1. The van der Waals surface area contributed by atoms with Crippen LogP contribution in [0.25, 0.3) is 0 Å². The molecule has 0 aliphatic rings. The maximum Gasteiger partial charge on any atom is 0.416 e. The van der Waals surface area contributed by atoms with Crippen molar-refractivity contribution in [3.63, 3.8) is 0 Å². The maximum atomic E-state index is 14.3. The molecule has 0 radical (unpaired) electrons. The number of nitrogens with one attached hydrogen (secondary N) is 2. The van der Waals surface area contributed by atoms with Crippen LogP contribution < -0.4 is 26.8 Å². The molecule has 0 saturated carbocycles. The molecule has 0 aliphatic carbocycles. The highest BCUT2D eigenvalue weighted by Crippen LogP contribution is 2.31. The van der Waals surface area contributed by atoms with Gasteiger partial charge in [0.15, 0.2) is 11.6 Å². The van der Waals surface area contributed by atoms with Crippen LogP contribution in [0.15, 0.2) is 42.5 Å². The number of halogens is 6. The lowest BCUT2D eigenvalue weighted by atomic mass is 9.98. The summed E-state index contributed by atoms with van der Waals surface area (Å²) in [4.78, 5) is 40.2. The Labute approximate surface area is 243 Å². The van der Waals surface area contributed by atoms with E-state index in [4.69, 9.17) is 11.5 Å². The zero-order chi connectivity index (χ0) is 32.3. The van der Waals surface area contributed by atoms with Gasteiger partial charge >= 0.3 is 6.18 Å². The average molecular weight is 622 g/mol. The number of aliphatic hydroxyl groups excluding tert-OH is 1. The molecular formula is C27H33F6N5O5. The Kier molecular flexibility index (Phi) is 13.2. The molecule has 0 fully saturated rings. The van der Waals surface area contributed by atoms with Gasteiger partial charge < -0.3 is 36.8 Å². The minimum atomic E-state index is -4.67. The van der Waals surface area contributed by atoms with E-state index in [1.807, 2.05) is 0 Å². The van der Waals surface area contributed by atoms with Gasteiger partial charge in [-0.15, -0.1) is 0 Å². The van der Waals surface area contributed by atoms with Crippen molar-refractivity contribution in [1.82, 2.24) is 10.2 Å². The standard InChI is InChI=1S/C27H33F6N5O5/c1-15(12-22(39)38(10-8-34)11-9-35)25(41)37-23(24(40)16-2-4-17(5-3-16)27(31,32)33)26(42)36-18-6-7-20(19(28)13-18)43-14-21(29)30/h2-7,13,15,21,23-24,40H,8-12,14,34-35H2,1H3,(H,36,42)(H,37,41). The summed E-state index contributed by atoms with van der Waals surface area (Å²) in [5.74, 6) is -5.08. The molecule has 0 aliphatic heterocycles. The van der Waals surface area contributed by atoms with Gasteiger partial charge in [0, 0.05) is 50.3 Å². The van der Waals surface area contributed by atoms with Crippen molar-refractivity contribution in [3.8, 4) is 5.75 Å². The number of ether oxygens (including phenoxy) is 1. The van der Waals surface area contributed by atoms with Crippen molar-refractivity contribution in [2.75, 3.05) is 38.1 Å². The molecule has 3 unspecified atom stereocenters. The van der Waals surface area contributed by atoms with Crippen LogP contribution >= 0.6 is 0 Å². The van der Waals surface area contributed by atoms with Crippen molar-refractivity contribution in [2.24, 2.45) is 17.4 Å². The highest BCUT2D eigenvalue weighted by atomic mass is 19.4. The van der Waals surface area contributed by atoms with E-state index in [1.165, 1.54) is 11.8 Å². The maximum absolute atomic E-state index is 14.3. The van der Waals surface area contributed by atoms with Crippen LogP contribution in [0, 0.1) is 11.7 Å². The van der Waals surface area contributed by atoms with E-state index in [0.29, 0.717) is 12.1 Å². The third-order valence-corrected chi connectivity index (χ3v) is 6.12. The van der Waals surface area contributed by atoms with Crippen LogP contribution in [0.5, 0.6) is 5.75 Å². The number of hydrogen-bond donors (Lipinski definition) is 5. The molecule has 2 aromatic carbocycles. The summed E-state index contributed by atoms with van der Waals surface area (Å²) < 4.78 is 82.8. The van der Waals surface area contributed by atoms with Crippen LogP contribution in [0.2, 0.25) is 0 Å². The Morgan fingerprint density at radius 1 is 1.00 bits per heavy atom. The van der Waals surface area contributed by atoms with E-state index >= 15 is 0 Å². The number of nitrogens with zero attached hydrogens (tertiary/aromatic N) is 1. The normalized spacial score (nSPS) is 13.7. The largest absolute Gasteiger partial charge is 0.485 e. The summed E-state index contributed by atoms with van der Waals surface area (Å²) >= 11 is 0. The number of nitrogens with two attached hydrogens (primary N) is 2. The van der Waals surface area contributed by atoms with Crippen molar-refractivity contribution in [1.29, 1.82) is 0 Å². The molecule has 0 saturated heterocycles. The number of carbonyl (C=O) groups is 3. The van der Waals surface area contributed by atoms with Crippen molar-refractivity contribution in [2.45, 2.75) is 38.1 Å². The molecule has 43 heavy (non-hydrogen) atoms. The van der Waals surface area contributed by atoms with Crippen molar-refractivity contribution >= 4 is 23.4 Å². The van der Waals surface area contributed by atoms with Gasteiger partial charge in [-0.25, -0.2) is 13.2 Å². The predicted molar refractivity (Wildman–Crippen MR) is 143 cm³/mol. The number of alkyl halides is 5. The van der Waals surface area contributed by atoms with Gasteiger partial charge in [-0.1, -0.05) is 19.1 Å². The van der Waals surface area contributed by atoms with E-state index in [0.717, 1.165) is 30.3 Å². The summed E-state index contributed by atoms with van der Waals surface area (Å²) in [6.45, 7) is 0.965. The molecule has 16 heteroatoms. The Hall–Kier alpha value is -3.89. The summed E-state index contributed by atoms with van der Waals surface area (Å²) in [7, 11) is 0. The third kappa shape index (κ3) is 10.7. The lowest BCUT2D eigenvalue weighted by Crippen LogP contribution is -2.50. The fourth-order valence-electron chi connectivity index (χ4n) is 3.87. The van der Waals surface area contributed by atoms with Crippen molar-refractivity contribution < 1.29 is 50.6 Å². The van der Waals surface area contributed by atoms with Crippen molar-refractivity contribution in [3.05, 3.63) is 59.4 Å². The molecule has 7 N–H and O–H groups in total. The van der Waals surface area contributed by atoms with Crippen LogP contribution in [-0.2, 0) is 20.6 Å². The molecule has 0 spiro atoms. The Morgan fingerprint density at radius 2 is 1.60 bits per heavy atom. The van der Waals surface area contributed by atoms with Gasteiger partial charge in [-0.3, -0.25) is 14.4 Å². The quantitative estimate of drug-likeness (QED) is 0.191. The number of anilines is 1. The van der Waals surface area contributed by atoms with Crippen LogP contribution in [0.4, 0.5) is 32.0 Å². The summed E-state index contributed by atoms with van der Waals surface area (Å²) in [5, 5.41) is 15.5. The molecule has 0 bridgehead atoms. The Bertz CT molecular complexity index is 1230. The first-order valence-electron chi connectivity index (χ1n) is 13.0. The minimum Gasteiger partial charge on any atom is -0.485 e. The van der Waals surface area contributed by atoms with Gasteiger partial charge in [0.1, 0.15) is 18.8 Å². The number of aliphatic hydroxyl groups is 1. The van der Waals surface area contributed by atoms with E-state index in [9.17, 15) is 45.8 Å². The predicted octanol–water partition coefficient (Wildman–Crippen LogP) is 2.42. The van der Waals surface area contributed by atoms with E-state index in [1.54, 1.807) is 0 Å². The second-order valence-corrected chi connectivity index (χ2v) is 9.45. The monoisotopic (exact) mass is 621 g/mol. The molecule has 3 atom stereocenters. The molecular weight excluding hydrogens is 588 g/mol. The van der Waals surface area contributed by atoms with Crippen LogP contribution in [-0.4, -0.2) is 73.0 Å². The zero-order valence-electron chi connectivity index (χ0n) is 23.0. The van der Waals surface area contributed by atoms with E-state index in [2.05, 4.69) is 15.4 Å². The SMILES string of the molecule is CC(CC(=O)N(CCN)CCN)C(=O)NC(C(=O)Nc1ccc(OCC(F)F)c(F)c1)C(O)c1ccc(C(F)(F)F)cc1. The Morgan fingerprint density at radius 3 is 2.12 bits per heavy atom. The average Bonchev–Trinajstić information content (AvgIpc) is 2.94. The molecule has 10 nitrogen and oxygen atoms in total. The highest BCUT2D eigenvalue weighted by molar-refractivity contribution is 5.98. The lowest BCUT2D eigenvalue weighted by Gasteiger charge is -2.26. The van der Waals surface area contributed by atoms with Gasteiger partial charge in [-0.2, -0.15) is 13.2 Å². The fourth-order valence-corrected chi connectivity index (χ4v) is 3.87. The topological polar surface area (TPSA) is 160 Å². The first-order chi connectivity index (χ1) is 20.2. The summed E-state index contributed by atoms with van der Waals surface area (Å²) in [6, 6.07) is 4.17. The molecule has 0 aromatic heterocycles. The minimum absolute atomic E-state index is 0.147. The smallest absolute Gasteiger partial charge is 0.416 e. The number of benzene rings is 2. The van der Waals surface area contributed by atoms with Crippen LogP contribution in [0.1, 0.15) is 30.6 Å². The van der Waals surface area contributed by atoms with Crippen LogP contribution in [0.3, 0.4) is 0 Å². The molecule has 0 heterocycles. The van der Waals surface area contributed by atoms with E-state index in [-0.39, 0.29) is 43.9 Å². The summed E-state index contributed by atoms with van der Waals surface area (Å²) in [6.07, 6.45) is -9.74. The van der Waals surface area contributed by atoms with Gasteiger partial charge in [0.2, 0.25) is 17.7 Å². The second-order valence-electron chi connectivity index (χ2n) is 9.45. The summed E-state index contributed by atoms with van der Waals surface area (Å²) in [5.41, 5.74) is 9.61. The first kappa shape index (κ1) is 35.3. The van der Waals surface area contributed by atoms with E-state index < -0.39 is 72.1 Å². The third-order valence-electron chi connectivity index (χ3n) is 6.12. The number of rotatable bonds is 15. The van der Waals surface area contributed by atoms with Gasteiger partial charge in [0.25, 0.3) is 6.43 Å². The fraction of sp³-hybridized carbons (Fsp3) is 0.444. The van der Waals surface area contributed by atoms with Gasteiger partial charge in [0.05, 0.1) is 5.56 Å². The highest BCUT2D eigenvalue weighted by Gasteiger charge is 2.34. The molecule has 3 amide bonds. The number of carbonyl (C=O) groups excluding carboxylic acids is 3. The lowest BCUT2D eigenvalue weighted by molar-refractivity contribution is -0.138. The number of hydrogen-bond acceptors (Lipinski definition) is 7. The number of amides is 3. The van der Waals surface area contributed by atoms with Gasteiger partial charge in [-0.05, 0) is 29.8 Å². The molecule has 2 rings (SSSR count). The Balaban J connectivity index is 2.29. The zero-order valence-corrected chi connectivity index (χ0v) is 23.0. The molecule has 2 aromatic rings. The molecule has 238 valence electrons. The first-order valence-corrected chi connectivity index (χ1v) is 13.0.